The first-order chi connectivity index (χ1) is 16.7. The van der Waals surface area contributed by atoms with E-state index < -0.39 is 31.7 Å². The molecule has 3 rings (SSSR count). The summed E-state index contributed by atoms with van der Waals surface area (Å²) in [5.74, 6) is -0.790. The Morgan fingerprint density at radius 3 is 2.53 bits per heavy atom. The topological polar surface area (TPSA) is 66.2 Å². The number of halogens is 3. The number of rotatable bonds is 7. The van der Waals surface area contributed by atoms with Gasteiger partial charge in [-0.1, -0.05) is 33.8 Å². The molecular formula is C26H36F3N3O3Si. The van der Waals surface area contributed by atoms with Crippen LogP contribution in [0.15, 0.2) is 30.0 Å². The molecule has 1 aliphatic rings. The average Bonchev–Trinajstić information content (AvgIpc) is 3.24. The Labute approximate surface area is 212 Å². The van der Waals surface area contributed by atoms with Crippen molar-refractivity contribution in [2.75, 3.05) is 13.2 Å². The summed E-state index contributed by atoms with van der Waals surface area (Å²) in [6.07, 6.45) is -1.17. The fourth-order valence-electron chi connectivity index (χ4n) is 4.08. The van der Waals surface area contributed by atoms with Crippen LogP contribution in [0.2, 0.25) is 18.1 Å². The van der Waals surface area contributed by atoms with Crippen LogP contribution in [-0.4, -0.2) is 42.3 Å². The molecule has 0 saturated carbocycles. The van der Waals surface area contributed by atoms with Crippen molar-refractivity contribution in [2.24, 2.45) is 5.92 Å². The Bertz CT molecular complexity index is 1130. The van der Waals surface area contributed by atoms with Crippen molar-refractivity contribution in [1.29, 1.82) is 0 Å². The van der Waals surface area contributed by atoms with Gasteiger partial charge in [0.1, 0.15) is 5.56 Å². The smallest absolute Gasteiger partial charge is 0.434 e. The molecule has 0 radical (unpaired) electrons. The molecule has 1 unspecified atom stereocenters. The molecule has 0 aliphatic heterocycles. The third kappa shape index (κ3) is 5.91. The standard InChI is InChI=1S/C26H36F3N3O3Si/c1-8-34-24(33)19-15-30-32(23(19)26(27,28)29)22-14-10-13-21(31-22)18-12-9-11-17(2)20(18)16-35-36(6,7)25(3,4)5/h10,13-15,17H,8-9,11-12,16H2,1-7H3. The molecule has 2 aromatic rings. The molecule has 36 heavy (non-hydrogen) atoms. The Balaban J connectivity index is 2.06. The molecule has 0 aromatic carbocycles. The van der Waals surface area contributed by atoms with Crippen molar-refractivity contribution in [2.45, 2.75) is 78.2 Å². The molecule has 0 N–H and O–H groups in total. The fraction of sp³-hybridized carbons (Fsp3) is 0.577. The van der Waals surface area contributed by atoms with Gasteiger partial charge in [0.05, 0.1) is 25.1 Å². The van der Waals surface area contributed by atoms with Crippen LogP contribution in [0.3, 0.4) is 0 Å². The normalized spacial score (nSPS) is 17.4. The SMILES string of the molecule is CCOC(=O)c1cnn(-c2cccc(C3=C(CO[Si](C)(C)C(C)(C)C)C(C)CCC3)n2)c1C(F)(F)F. The predicted octanol–water partition coefficient (Wildman–Crippen LogP) is 7.06. The summed E-state index contributed by atoms with van der Waals surface area (Å²) < 4.78 is 54.0. The summed E-state index contributed by atoms with van der Waals surface area (Å²) in [5.41, 5.74) is 0.942. The summed E-state index contributed by atoms with van der Waals surface area (Å²) in [6, 6.07) is 4.94. The maximum atomic E-state index is 14.0. The summed E-state index contributed by atoms with van der Waals surface area (Å²) in [7, 11) is -1.99. The molecule has 0 bridgehead atoms. The number of aromatic nitrogens is 3. The Morgan fingerprint density at radius 2 is 1.92 bits per heavy atom. The van der Waals surface area contributed by atoms with E-state index >= 15 is 0 Å². The number of alkyl halides is 3. The molecule has 2 aromatic heterocycles. The van der Waals surface area contributed by atoms with E-state index in [-0.39, 0.29) is 23.4 Å². The second-order valence-corrected chi connectivity index (χ2v) is 15.6. The second-order valence-electron chi connectivity index (χ2n) is 10.8. The number of ether oxygens (including phenoxy) is 1. The van der Waals surface area contributed by atoms with Gasteiger partial charge >= 0.3 is 12.1 Å². The maximum absolute atomic E-state index is 14.0. The highest BCUT2D eigenvalue weighted by atomic mass is 28.4. The van der Waals surface area contributed by atoms with Crippen molar-refractivity contribution in [3.8, 4) is 5.82 Å². The van der Waals surface area contributed by atoms with Crippen molar-refractivity contribution in [1.82, 2.24) is 14.8 Å². The van der Waals surface area contributed by atoms with E-state index in [0.29, 0.717) is 17.0 Å². The van der Waals surface area contributed by atoms with Crippen molar-refractivity contribution >= 4 is 19.9 Å². The minimum absolute atomic E-state index is 0.00855. The zero-order valence-electron chi connectivity index (χ0n) is 22.1. The minimum Gasteiger partial charge on any atom is -0.462 e. The van der Waals surface area contributed by atoms with Gasteiger partial charge in [-0.15, -0.1) is 0 Å². The third-order valence-corrected chi connectivity index (χ3v) is 11.7. The van der Waals surface area contributed by atoms with E-state index in [1.807, 2.05) is 6.07 Å². The van der Waals surface area contributed by atoms with Crippen LogP contribution in [0.1, 0.15) is 75.6 Å². The highest BCUT2D eigenvalue weighted by Gasteiger charge is 2.41. The number of carbonyl (C=O) groups is 1. The van der Waals surface area contributed by atoms with Crippen molar-refractivity contribution in [3.63, 3.8) is 0 Å². The lowest BCUT2D eigenvalue weighted by Gasteiger charge is -2.38. The number of carbonyl (C=O) groups excluding carboxylic acids is 1. The highest BCUT2D eigenvalue weighted by Crippen LogP contribution is 2.40. The number of pyridine rings is 1. The number of allylic oxidation sites excluding steroid dienone is 1. The van der Waals surface area contributed by atoms with Gasteiger partial charge in [-0.3, -0.25) is 0 Å². The van der Waals surface area contributed by atoms with Crippen LogP contribution in [0, 0.1) is 5.92 Å². The fourth-order valence-corrected chi connectivity index (χ4v) is 5.03. The molecule has 10 heteroatoms. The largest absolute Gasteiger partial charge is 0.462 e. The Kier molecular flexibility index (Phi) is 8.19. The van der Waals surface area contributed by atoms with Crippen LogP contribution in [0.25, 0.3) is 11.4 Å². The lowest BCUT2D eigenvalue weighted by Crippen LogP contribution is -2.41. The molecule has 0 amide bonds. The van der Waals surface area contributed by atoms with Gasteiger partial charge in [-0.2, -0.15) is 18.3 Å². The average molecular weight is 524 g/mol. The zero-order valence-corrected chi connectivity index (χ0v) is 23.1. The van der Waals surface area contributed by atoms with Gasteiger partial charge < -0.3 is 9.16 Å². The molecule has 1 aliphatic carbocycles. The van der Waals surface area contributed by atoms with Crippen LogP contribution < -0.4 is 0 Å². The molecule has 0 saturated heterocycles. The van der Waals surface area contributed by atoms with Gasteiger partial charge in [0.15, 0.2) is 19.8 Å². The highest BCUT2D eigenvalue weighted by molar-refractivity contribution is 6.74. The van der Waals surface area contributed by atoms with Gasteiger partial charge in [0, 0.05) is 0 Å². The van der Waals surface area contributed by atoms with E-state index in [2.05, 4.69) is 50.9 Å². The zero-order chi connectivity index (χ0) is 26.9. The molecule has 0 spiro atoms. The second kappa shape index (κ2) is 10.5. The molecule has 1 atom stereocenters. The third-order valence-electron chi connectivity index (χ3n) is 7.23. The van der Waals surface area contributed by atoms with Crippen molar-refractivity contribution < 1.29 is 27.1 Å². The van der Waals surface area contributed by atoms with Crippen LogP contribution in [-0.2, 0) is 15.3 Å². The van der Waals surface area contributed by atoms with E-state index in [1.165, 1.54) is 13.0 Å². The van der Waals surface area contributed by atoms with E-state index in [0.717, 1.165) is 36.6 Å². The predicted molar refractivity (Wildman–Crippen MR) is 135 cm³/mol. The first kappa shape index (κ1) is 28.1. The maximum Gasteiger partial charge on any atom is 0.434 e. The summed E-state index contributed by atoms with van der Waals surface area (Å²) in [5, 5.41) is 3.93. The Hall–Kier alpha value is -2.46. The van der Waals surface area contributed by atoms with Gasteiger partial charge in [-0.25, -0.2) is 14.5 Å². The molecule has 6 nitrogen and oxygen atoms in total. The van der Waals surface area contributed by atoms with Crippen molar-refractivity contribution in [3.05, 3.63) is 46.9 Å². The lowest BCUT2D eigenvalue weighted by molar-refractivity contribution is -0.143. The molecule has 198 valence electrons. The first-order valence-corrected chi connectivity index (χ1v) is 15.2. The van der Waals surface area contributed by atoms with Crippen LogP contribution in [0.4, 0.5) is 13.2 Å². The quantitative estimate of drug-likeness (QED) is 0.287. The minimum atomic E-state index is -4.82. The molecule has 0 fully saturated rings. The van der Waals surface area contributed by atoms with Gasteiger partial charge in [0.2, 0.25) is 0 Å². The summed E-state index contributed by atoms with van der Waals surface area (Å²) in [4.78, 5) is 16.7. The van der Waals surface area contributed by atoms with Gasteiger partial charge in [0.25, 0.3) is 0 Å². The van der Waals surface area contributed by atoms with Gasteiger partial charge in [-0.05, 0) is 73.5 Å². The number of nitrogens with zero attached hydrogens (tertiary/aromatic N) is 3. The molecule has 2 heterocycles. The summed E-state index contributed by atoms with van der Waals surface area (Å²) in [6.45, 7) is 15.1. The van der Waals surface area contributed by atoms with Crippen LogP contribution >= 0.6 is 0 Å². The lowest BCUT2D eigenvalue weighted by atomic mass is 9.83. The van der Waals surface area contributed by atoms with E-state index in [4.69, 9.17) is 9.16 Å². The number of esters is 1. The number of hydrogen-bond acceptors (Lipinski definition) is 5. The first-order valence-electron chi connectivity index (χ1n) is 12.3. The Morgan fingerprint density at radius 1 is 1.22 bits per heavy atom. The van der Waals surface area contributed by atoms with E-state index in [9.17, 15) is 18.0 Å². The number of hydrogen-bond donors (Lipinski definition) is 0. The van der Waals surface area contributed by atoms with Crippen LogP contribution in [0.5, 0.6) is 0 Å². The molecular weight excluding hydrogens is 487 g/mol. The summed E-state index contributed by atoms with van der Waals surface area (Å²) >= 11 is 0. The van der Waals surface area contributed by atoms with E-state index in [1.54, 1.807) is 6.07 Å². The monoisotopic (exact) mass is 523 g/mol.